The topological polar surface area (TPSA) is 54.9 Å². The van der Waals surface area contributed by atoms with Gasteiger partial charge in [-0.05, 0) is 0 Å². The molecule has 0 aromatic carbocycles. The van der Waals surface area contributed by atoms with Crippen molar-refractivity contribution in [1.29, 1.82) is 0 Å². The Morgan fingerprint density at radius 1 is 1.80 bits per heavy atom. The average Bonchev–Trinajstić information content (AvgIpc) is 1.88. The van der Waals surface area contributed by atoms with Gasteiger partial charge in [0.1, 0.15) is 12.1 Å². The number of rotatable bonds is 1. The third kappa shape index (κ3) is 1.81. The van der Waals surface area contributed by atoms with Gasteiger partial charge in [0.25, 0.3) is 0 Å². The van der Waals surface area contributed by atoms with Crippen LogP contribution in [0.1, 0.15) is 6.92 Å². The Balaban J connectivity index is 2.67. The van der Waals surface area contributed by atoms with Gasteiger partial charge in [-0.1, -0.05) is 0 Å². The van der Waals surface area contributed by atoms with Crippen molar-refractivity contribution in [2.75, 3.05) is 5.32 Å². The maximum Gasteiger partial charge on any atom is 0.222 e. The zero-order valence-electron chi connectivity index (χ0n) is 5.46. The van der Waals surface area contributed by atoms with Crippen LogP contribution in [0.4, 0.5) is 5.82 Å². The average molecular weight is 136 g/mol. The summed E-state index contributed by atoms with van der Waals surface area (Å²) in [6, 6.07) is 1.50. The Kier molecular flexibility index (Phi) is 1.94. The molecule has 0 saturated carbocycles. The summed E-state index contributed by atoms with van der Waals surface area (Å²) >= 11 is 0. The maximum absolute atomic E-state index is 10.4. The summed E-state index contributed by atoms with van der Waals surface area (Å²) in [5, 5.41) is 2.48. The molecule has 10 heavy (non-hydrogen) atoms. The molecule has 1 amide bonds. The van der Waals surface area contributed by atoms with Gasteiger partial charge in [0.2, 0.25) is 5.91 Å². The summed E-state index contributed by atoms with van der Waals surface area (Å²) in [7, 11) is 0. The van der Waals surface area contributed by atoms with Gasteiger partial charge in [0, 0.05) is 13.0 Å². The number of carbonyl (C=O) groups excluding carboxylic acids is 1. The second-order valence-electron chi connectivity index (χ2n) is 1.71. The van der Waals surface area contributed by atoms with Crippen molar-refractivity contribution in [2.45, 2.75) is 6.92 Å². The fourth-order valence-electron chi connectivity index (χ4n) is 0.509. The molecule has 1 heterocycles. The summed E-state index contributed by atoms with van der Waals surface area (Å²) in [6.45, 7) is 1.42. The minimum atomic E-state index is -0.146. The van der Waals surface area contributed by atoms with E-state index in [4.69, 9.17) is 0 Å². The largest absolute Gasteiger partial charge is 0.311 e. The van der Waals surface area contributed by atoms with Gasteiger partial charge in [0.15, 0.2) is 0 Å². The summed E-state index contributed by atoms with van der Waals surface area (Å²) in [5.74, 6) is 0.328. The Morgan fingerprint density at radius 2 is 2.60 bits per heavy atom. The lowest BCUT2D eigenvalue weighted by Crippen LogP contribution is -2.06. The first-order valence-electron chi connectivity index (χ1n) is 2.75. The first kappa shape index (κ1) is 6.67. The van der Waals surface area contributed by atoms with Crippen LogP contribution in [0.2, 0.25) is 0 Å². The number of nitrogens with one attached hydrogen (secondary N) is 1. The Hall–Kier alpha value is -1.45. The van der Waals surface area contributed by atoms with Gasteiger partial charge >= 0.3 is 0 Å². The summed E-state index contributed by atoms with van der Waals surface area (Å²) in [4.78, 5) is 17.7. The highest BCUT2D eigenvalue weighted by Gasteiger charge is 1.92. The van der Waals surface area contributed by atoms with Crippen molar-refractivity contribution in [2.24, 2.45) is 0 Å². The summed E-state index contributed by atoms with van der Waals surface area (Å²) in [6.07, 6.45) is 3.86. The van der Waals surface area contributed by atoms with Gasteiger partial charge in [0.05, 0.1) is 6.20 Å². The molecule has 0 unspecified atom stereocenters. The molecule has 0 saturated heterocycles. The Morgan fingerprint density at radius 3 is 3.10 bits per heavy atom. The standard InChI is InChI=1S/C6H6N3O/c1-5(10)9-6-2-3-7-4-8-6/h2,4H,1H3,(H,7,8,9,10). The van der Waals surface area contributed by atoms with E-state index < -0.39 is 0 Å². The lowest BCUT2D eigenvalue weighted by atomic mass is 10.5. The lowest BCUT2D eigenvalue weighted by molar-refractivity contribution is -0.114. The second kappa shape index (κ2) is 2.91. The van der Waals surface area contributed by atoms with E-state index in [1.165, 1.54) is 19.3 Å². The van der Waals surface area contributed by atoms with Crippen LogP contribution < -0.4 is 5.32 Å². The molecule has 0 fully saturated rings. The van der Waals surface area contributed by atoms with Crippen LogP contribution in [0.3, 0.4) is 0 Å². The van der Waals surface area contributed by atoms with Crippen molar-refractivity contribution in [1.82, 2.24) is 9.97 Å². The van der Waals surface area contributed by atoms with Crippen LogP contribution in [0.5, 0.6) is 0 Å². The number of carbonyl (C=O) groups is 1. The van der Waals surface area contributed by atoms with Crippen molar-refractivity contribution in [3.63, 3.8) is 0 Å². The van der Waals surface area contributed by atoms with E-state index in [1.807, 2.05) is 0 Å². The Bertz CT molecular complexity index is 222. The Labute approximate surface area is 58.3 Å². The number of amides is 1. The van der Waals surface area contributed by atoms with E-state index >= 15 is 0 Å². The highest BCUT2D eigenvalue weighted by atomic mass is 16.1. The molecular weight excluding hydrogens is 130 g/mol. The van der Waals surface area contributed by atoms with Crippen molar-refractivity contribution < 1.29 is 4.79 Å². The van der Waals surface area contributed by atoms with Crippen LogP contribution in [-0.2, 0) is 4.79 Å². The minimum Gasteiger partial charge on any atom is -0.311 e. The predicted molar refractivity (Wildman–Crippen MR) is 35.2 cm³/mol. The lowest BCUT2D eigenvalue weighted by Gasteiger charge is -1.96. The highest BCUT2D eigenvalue weighted by molar-refractivity contribution is 5.87. The highest BCUT2D eigenvalue weighted by Crippen LogP contribution is 1.95. The zero-order valence-corrected chi connectivity index (χ0v) is 5.46. The van der Waals surface area contributed by atoms with Crippen LogP contribution in [0, 0.1) is 6.20 Å². The normalized spacial score (nSPS) is 8.90. The quantitative estimate of drug-likeness (QED) is 0.601. The van der Waals surface area contributed by atoms with Crippen LogP contribution >= 0.6 is 0 Å². The molecule has 0 aliphatic heterocycles. The number of hydrogen-bond donors (Lipinski definition) is 1. The molecule has 1 rings (SSSR count). The van der Waals surface area contributed by atoms with Gasteiger partial charge in [-0.25, -0.2) is 9.97 Å². The number of nitrogens with zero attached hydrogens (tertiary/aromatic N) is 2. The SMILES string of the molecule is CC(=O)Nc1c[c]ncn1. The summed E-state index contributed by atoms with van der Waals surface area (Å²) < 4.78 is 0. The van der Waals surface area contributed by atoms with E-state index in [9.17, 15) is 4.79 Å². The third-order valence-corrected chi connectivity index (χ3v) is 0.834. The number of aromatic nitrogens is 2. The van der Waals surface area contributed by atoms with Crippen LogP contribution in [-0.4, -0.2) is 15.9 Å². The predicted octanol–water partition coefficient (Wildman–Crippen LogP) is 0.235. The molecule has 4 heteroatoms. The molecule has 0 aliphatic rings. The second-order valence-corrected chi connectivity index (χ2v) is 1.71. The molecular formula is C6H6N3O. The molecule has 1 aromatic heterocycles. The number of hydrogen-bond acceptors (Lipinski definition) is 3. The monoisotopic (exact) mass is 136 g/mol. The van der Waals surface area contributed by atoms with E-state index in [0.29, 0.717) is 5.82 Å². The fourth-order valence-corrected chi connectivity index (χ4v) is 0.509. The minimum absolute atomic E-state index is 0.146. The van der Waals surface area contributed by atoms with Crippen molar-refractivity contribution in [3.8, 4) is 0 Å². The van der Waals surface area contributed by atoms with Crippen molar-refractivity contribution in [3.05, 3.63) is 18.6 Å². The van der Waals surface area contributed by atoms with Crippen LogP contribution in [0.25, 0.3) is 0 Å². The van der Waals surface area contributed by atoms with E-state index in [1.54, 1.807) is 0 Å². The summed E-state index contributed by atoms with van der Waals surface area (Å²) in [5.41, 5.74) is 0. The first-order chi connectivity index (χ1) is 4.79. The fraction of sp³-hybridized carbons (Fsp3) is 0.167. The van der Waals surface area contributed by atoms with Gasteiger partial charge in [-0.2, -0.15) is 0 Å². The molecule has 0 aliphatic carbocycles. The van der Waals surface area contributed by atoms with Gasteiger partial charge < -0.3 is 5.32 Å². The molecule has 1 aromatic rings. The molecule has 1 radical (unpaired) electrons. The van der Waals surface area contributed by atoms with E-state index in [2.05, 4.69) is 21.5 Å². The zero-order chi connectivity index (χ0) is 7.40. The van der Waals surface area contributed by atoms with E-state index in [-0.39, 0.29) is 5.91 Å². The van der Waals surface area contributed by atoms with E-state index in [0.717, 1.165) is 0 Å². The molecule has 51 valence electrons. The third-order valence-electron chi connectivity index (χ3n) is 0.834. The molecule has 0 atom stereocenters. The van der Waals surface area contributed by atoms with Crippen molar-refractivity contribution >= 4 is 11.7 Å². The molecule has 0 bridgehead atoms. The molecule has 4 nitrogen and oxygen atoms in total. The number of anilines is 1. The smallest absolute Gasteiger partial charge is 0.222 e. The van der Waals surface area contributed by atoms with Crippen LogP contribution in [0.15, 0.2) is 12.4 Å². The van der Waals surface area contributed by atoms with Gasteiger partial charge in [-0.3, -0.25) is 4.79 Å². The first-order valence-corrected chi connectivity index (χ1v) is 2.75. The molecule has 0 spiro atoms. The molecule has 1 N–H and O–H groups in total. The maximum atomic E-state index is 10.4. The van der Waals surface area contributed by atoms with Gasteiger partial charge in [-0.15, -0.1) is 0 Å².